The SMILES string of the molecule is COC(=O)CCCCCCCCC(Br)CSc1ccccc1. The fourth-order valence-electron chi connectivity index (χ4n) is 2.23. The highest BCUT2D eigenvalue weighted by Gasteiger charge is 2.05. The van der Waals surface area contributed by atoms with Crippen molar-refractivity contribution in [2.24, 2.45) is 0 Å². The van der Waals surface area contributed by atoms with Gasteiger partial charge in [0.2, 0.25) is 0 Å². The summed E-state index contributed by atoms with van der Waals surface area (Å²) in [4.78, 5) is 12.9. The van der Waals surface area contributed by atoms with Gasteiger partial charge in [0.25, 0.3) is 0 Å². The van der Waals surface area contributed by atoms with E-state index in [9.17, 15) is 4.79 Å². The van der Waals surface area contributed by atoms with Crippen molar-refractivity contribution in [3.05, 3.63) is 30.3 Å². The molecule has 4 heteroatoms. The Morgan fingerprint density at radius 2 is 1.73 bits per heavy atom. The number of hydrogen-bond acceptors (Lipinski definition) is 3. The van der Waals surface area contributed by atoms with Crippen LogP contribution in [-0.2, 0) is 9.53 Å². The Labute approximate surface area is 147 Å². The zero-order valence-electron chi connectivity index (χ0n) is 13.4. The first kappa shape index (κ1) is 19.6. The van der Waals surface area contributed by atoms with Crippen LogP contribution < -0.4 is 0 Å². The number of ether oxygens (including phenoxy) is 1. The minimum atomic E-state index is -0.0851. The Balaban J connectivity index is 1.90. The first-order valence-corrected chi connectivity index (χ1v) is 10.0. The summed E-state index contributed by atoms with van der Waals surface area (Å²) in [6.45, 7) is 0. The molecule has 1 atom stereocenters. The number of rotatable bonds is 12. The first-order chi connectivity index (χ1) is 10.7. The Bertz CT molecular complexity index is 397. The van der Waals surface area contributed by atoms with E-state index in [1.807, 2.05) is 11.8 Å². The Kier molecular flexibility index (Phi) is 11.6. The van der Waals surface area contributed by atoms with Crippen molar-refractivity contribution in [2.45, 2.75) is 61.1 Å². The highest BCUT2D eigenvalue weighted by molar-refractivity contribution is 9.09. The summed E-state index contributed by atoms with van der Waals surface area (Å²) >= 11 is 5.70. The number of benzene rings is 1. The van der Waals surface area contributed by atoms with E-state index in [2.05, 4.69) is 51.0 Å². The van der Waals surface area contributed by atoms with E-state index in [0.717, 1.165) is 18.6 Å². The highest BCUT2D eigenvalue weighted by atomic mass is 79.9. The average Bonchev–Trinajstić information content (AvgIpc) is 2.56. The maximum atomic E-state index is 11.0. The van der Waals surface area contributed by atoms with Crippen molar-refractivity contribution in [1.29, 1.82) is 0 Å². The fraction of sp³-hybridized carbons (Fsp3) is 0.611. The van der Waals surface area contributed by atoms with Crippen LogP contribution in [0.3, 0.4) is 0 Å². The molecule has 1 aromatic rings. The van der Waals surface area contributed by atoms with Crippen LogP contribution >= 0.6 is 27.7 Å². The maximum Gasteiger partial charge on any atom is 0.305 e. The van der Waals surface area contributed by atoms with Gasteiger partial charge < -0.3 is 4.74 Å². The third-order valence-corrected chi connectivity index (χ3v) is 5.93. The van der Waals surface area contributed by atoms with Gasteiger partial charge in [0.05, 0.1) is 7.11 Å². The maximum absolute atomic E-state index is 11.0. The van der Waals surface area contributed by atoms with Gasteiger partial charge in [-0.15, -0.1) is 11.8 Å². The van der Waals surface area contributed by atoms with Gasteiger partial charge in [-0.2, -0.15) is 0 Å². The van der Waals surface area contributed by atoms with Crippen molar-refractivity contribution >= 4 is 33.7 Å². The van der Waals surface area contributed by atoms with Crippen molar-refractivity contribution < 1.29 is 9.53 Å². The number of unbranched alkanes of at least 4 members (excludes halogenated alkanes) is 5. The first-order valence-electron chi connectivity index (χ1n) is 8.11. The molecule has 0 saturated carbocycles. The Morgan fingerprint density at radius 1 is 1.09 bits per heavy atom. The second-order valence-electron chi connectivity index (χ2n) is 5.46. The molecule has 22 heavy (non-hydrogen) atoms. The Morgan fingerprint density at radius 3 is 2.41 bits per heavy atom. The van der Waals surface area contributed by atoms with E-state index < -0.39 is 0 Å². The summed E-state index contributed by atoms with van der Waals surface area (Å²) in [5.41, 5.74) is 0. The minimum absolute atomic E-state index is 0.0851. The van der Waals surface area contributed by atoms with Crippen LogP contribution in [0, 0.1) is 0 Å². The molecule has 0 fully saturated rings. The van der Waals surface area contributed by atoms with Crippen molar-refractivity contribution in [2.75, 3.05) is 12.9 Å². The molecule has 0 spiro atoms. The largest absolute Gasteiger partial charge is 0.469 e. The molecule has 124 valence electrons. The molecule has 0 N–H and O–H groups in total. The van der Waals surface area contributed by atoms with Gasteiger partial charge in [0, 0.05) is 21.9 Å². The van der Waals surface area contributed by atoms with Crippen LogP contribution in [0.5, 0.6) is 0 Å². The molecule has 0 aromatic heterocycles. The summed E-state index contributed by atoms with van der Waals surface area (Å²) in [5.74, 6) is 1.04. The van der Waals surface area contributed by atoms with Gasteiger partial charge in [-0.3, -0.25) is 4.79 Å². The molecule has 0 aliphatic carbocycles. The molecular weight excluding hydrogens is 360 g/mol. The van der Waals surface area contributed by atoms with Crippen LogP contribution in [-0.4, -0.2) is 23.7 Å². The molecule has 1 unspecified atom stereocenters. The van der Waals surface area contributed by atoms with Gasteiger partial charge in [0.15, 0.2) is 0 Å². The topological polar surface area (TPSA) is 26.3 Å². The standard InChI is InChI=1S/C18H27BrO2S/c1-21-18(20)14-10-5-3-2-4-7-11-16(19)15-22-17-12-8-6-9-13-17/h6,8-9,12-13,16H,2-5,7,10-11,14-15H2,1H3. The van der Waals surface area contributed by atoms with Crippen LogP contribution in [0.2, 0.25) is 0 Å². The van der Waals surface area contributed by atoms with Gasteiger partial charge in [-0.05, 0) is 25.0 Å². The van der Waals surface area contributed by atoms with Gasteiger partial charge in [0.1, 0.15) is 0 Å². The number of halogens is 1. The molecule has 0 aliphatic heterocycles. The van der Waals surface area contributed by atoms with E-state index >= 15 is 0 Å². The second-order valence-corrected chi connectivity index (χ2v) is 7.85. The number of esters is 1. The molecular formula is C18H27BrO2S. The van der Waals surface area contributed by atoms with Crippen molar-refractivity contribution in [3.63, 3.8) is 0 Å². The lowest BCUT2D eigenvalue weighted by molar-refractivity contribution is -0.140. The lowest BCUT2D eigenvalue weighted by atomic mass is 10.1. The number of thioether (sulfide) groups is 1. The number of methoxy groups -OCH3 is 1. The van der Waals surface area contributed by atoms with Crippen LogP contribution in [0.15, 0.2) is 35.2 Å². The van der Waals surface area contributed by atoms with Crippen LogP contribution in [0.25, 0.3) is 0 Å². The average molecular weight is 387 g/mol. The Hall–Kier alpha value is -0.480. The number of carbonyl (C=O) groups excluding carboxylic acids is 1. The van der Waals surface area contributed by atoms with Gasteiger partial charge in [-0.1, -0.05) is 66.2 Å². The monoisotopic (exact) mass is 386 g/mol. The molecule has 0 amide bonds. The quantitative estimate of drug-likeness (QED) is 0.195. The van der Waals surface area contributed by atoms with E-state index in [0.29, 0.717) is 11.2 Å². The zero-order valence-corrected chi connectivity index (χ0v) is 15.8. The predicted octanol–water partition coefficient (Wildman–Crippen LogP) is 5.84. The van der Waals surface area contributed by atoms with Gasteiger partial charge >= 0.3 is 5.97 Å². The zero-order chi connectivity index (χ0) is 16.0. The fourth-order valence-corrected chi connectivity index (χ4v) is 3.84. The van der Waals surface area contributed by atoms with E-state index in [1.54, 1.807) is 0 Å². The summed E-state index contributed by atoms with van der Waals surface area (Å²) < 4.78 is 4.63. The lowest BCUT2D eigenvalue weighted by Crippen LogP contribution is -2.01. The molecule has 0 radical (unpaired) electrons. The second kappa shape index (κ2) is 13.0. The molecule has 0 aliphatic rings. The molecule has 1 aromatic carbocycles. The van der Waals surface area contributed by atoms with E-state index in [-0.39, 0.29) is 5.97 Å². The summed E-state index contributed by atoms with van der Waals surface area (Å²) in [5, 5.41) is 0. The molecule has 0 saturated heterocycles. The normalized spacial score (nSPS) is 12.1. The predicted molar refractivity (Wildman–Crippen MR) is 98.8 cm³/mol. The highest BCUT2D eigenvalue weighted by Crippen LogP contribution is 2.23. The molecule has 1 rings (SSSR count). The van der Waals surface area contributed by atoms with Gasteiger partial charge in [-0.25, -0.2) is 0 Å². The molecule has 2 nitrogen and oxygen atoms in total. The third-order valence-electron chi connectivity index (χ3n) is 3.55. The summed E-state index contributed by atoms with van der Waals surface area (Å²) in [7, 11) is 1.45. The summed E-state index contributed by atoms with van der Waals surface area (Å²) in [6, 6.07) is 10.6. The van der Waals surface area contributed by atoms with Crippen LogP contribution in [0.4, 0.5) is 0 Å². The lowest BCUT2D eigenvalue weighted by Gasteiger charge is -2.09. The smallest absolute Gasteiger partial charge is 0.305 e. The molecule has 0 bridgehead atoms. The third kappa shape index (κ3) is 10.3. The number of hydrogen-bond donors (Lipinski definition) is 0. The van der Waals surface area contributed by atoms with Crippen molar-refractivity contribution in [3.8, 4) is 0 Å². The van der Waals surface area contributed by atoms with Crippen LogP contribution in [0.1, 0.15) is 51.4 Å². The number of alkyl halides is 1. The molecule has 0 heterocycles. The van der Waals surface area contributed by atoms with E-state index in [4.69, 9.17) is 0 Å². The minimum Gasteiger partial charge on any atom is -0.469 e. The summed E-state index contributed by atoms with van der Waals surface area (Å²) in [6.07, 6.45) is 8.96. The number of carbonyl (C=O) groups is 1. The van der Waals surface area contributed by atoms with E-state index in [1.165, 1.54) is 44.1 Å². The van der Waals surface area contributed by atoms with Crippen molar-refractivity contribution in [1.82, 2.24) is 0 Å².